The smallest absolute Gasteiger partial charge is 0.337 e. The molecule has 4 nitrogen and oxygen atoms in total. The zero-order valence-electron chi connectivity index (χ0n) is 14.5. The fraction of sp³-hybridized carbons (Fsp3) is 0.100. The van der Waals surface area contributed by atoms with Crippen LogP contribution in [0.25, 0.3) is 5.69 Å². The zero-order chi connectivity index (χ0) is 19.7. The first-order valence-corrected chi connectivity index (χ1v) is 9.12. The molecule has 1 aromatic heterocycles. The lowest BCUT2D eigenvalue weighted by molar-refractivity contribution is 0.0697. The molecule has 0 bridgehead atoms. The van der Waals surface area contributed by atoms with E-state index in [2.05, 4.69) is 4.99 Å². The molecule has 7 heteroatoms. The summed E-state index contributed by atoms with van der Waals surface area (Å²) in [7, 11) is 0. The summed E-state index contributed by atoms with van der Waals surface area (Å²) in [6, 6.07) is 12.1. The lowest BCUT2D eigenvalue weighted by Gasteiger charge is -2.10. The molecule has 0 fully saturated rings. The van der Waals surface area contributed by atoms with Gasteiger partial charge < -0.3 is 9.67 Å². The molecule has 0 spiro atoms. The highest BCUT2D eigenvalue weighted by Gasteiger charge is 2.12. The number of aliphatic imine (C=N–C) groups is 1. The van der Waals surface area contributed by atoms with Gasteiger partial charge in [0.1, 0.15) is 0 Å². The molecule has 3 rings (SSSR count). The van der Waals surface area contributed by atoms with Gasteiger partial charge in [0.05, 0.1) is 26.3 Å². The molecule has 3 aromatic rings. The third kappa shape index (κ3) is 4.03. The number of aryl methyl sites for hydroxylation is 1. The first-order valence-electron chi connectivity index (χ1n) is 7.99. The molecule has 138 valence electrons. The predicted octanol–water partition coefficient (Wildman–Crippen LogP) is 6.50. The fourth-order valence-electron chi connectivity index (χ4n) is 2.84. The lowest BCUT2D eigenvalue weighted by Crippen LogP contribution is -1.99. The molecule has 0 aliphatic rings. The van der Waals surface area contributed by atoms with Gasteiger partial charge in [0, 0.05) is 28.9 Å². The minimum Gasteiger partial charge on any atom is -0.478 e. The Morgan fingerprint density at radius 1 is 1.00 bits per heavy atom. The average molecular weight is 422 g/mol. The Balaban J connectivity index is 1.97. The van der Waals surface area contributed by atoms with Crippen molar-refractivity contribution in [3.63, 3.8) is 0 Å². The number of hydrogen-bond donors (Lipinski definition) is 1. The largest absolute Gasteiger partial charge is 0.478 e. The summed E-state index contributed by atoms with van der Waals surface area (Å²) >= 11 is 18.0. The van der Waals surface area contributed by atoms with Crippen molar-refractivity contribution >= 4 is 52.7 Å². The standard InChI is InChI=1S/C20H15Cl3N2O2/c1-11-7-13(10-24-14-3-5-17(21)16(8-14)20(26)27)12(2)25(11)15-4-6-18(22)19(23)9-15/h3-10H,1-2H3,(H,26,27). The van der Waals surface area contributed by atoms with Crippen molar-refractivity contribution in [1.82, 2.24) is 4.57 Å². The van der Waals surface area contributed by atoms with Crippen LogP contribution in [0.15, 0.2) is 47.5 Å². The third-order valence-electron chi connectivity index (χ3n) is 4.16. The van der Waals surface area contributed by atoms with E-state index in [1.807, 2.05) is 36.6 Å². The van der Waals surface area contributed by atoms with Gasteiger partial charge in [0.2, 0.25) is 0 Å². The summed E-state index contributed by atoms with van der Waals surface area (Å²) in [5.41, 5.74) is 4.32. The van der Waals surface area contributed by atoms with E-state index in [0.29, 0.717) is 15.7 Å². The quantitative estimate of drug-likeness (QED) is 0.489. The summed E-state index contributed by atoms with van der Waals surface area (Å²) in [5.74, 6) is -1.09. The van der Waals surface area contributed by atoms with Crippen LogP contribution in [0.2, 0.25) is 15.1 Å². The van der Waals surface area contributed by atoms with Gasteiger partial charge in [-0.2, -0.15) is 0 Å². The molecule has 0 amide bonds. The molecule has 0 aliphatic carbocycles. The second kappa shape index (κ2) is 7.77. The molecule has 1 heterocycles. The van der Waals surface area contributed by atoms with E-state index in [9.17, 15) is 4.79 Å². The van der Waals surface area contributed by atoms with E-state index in [1.54, 1.807) is 18.3 Å². The topological polar surface area (TPSA) is 54.6 Å². The Morgan fingerprint density at radius 2 is 1.70 bits per heavy atom. The number of aromatic nitrogens is 1. The number of benzene rings is 2. The monoisotopic (exact) mass is 420 g/mol. The number of hydrogen-bond acceptors (Lipinski definition) is 2. The van der Waals surface area contributed by atoms with Crippen LogP contribution in [0.5, 0.6) is 0 Å². The second-order valence-corrected chi connectivity index (χ2v) is 7.21. The molecule has 0 saturated heterocycles. The molecule has 2 aromatic carbocycles. The van der Waals surface area contributed by atoms with Crippen LogP contribution in [0.4, 0.5) is 5.69 Å². The first-order chi connectivity index (χ1) is 12.8. The number of rotatable bonds is 4. The minimum atomic E-state index is -1.09. The molecular weight excluding hydrogens is 407 g/mol. The maximum atomic E-state index is 11.2. The van der Waals surface area contributed by atoms with E-state index in [1.165, 1.54) is 12.1 Å². The van der Waals surface area contributed by atoms with Crippen molar-refractivity contribution in [3.8, 4) is 5.69 Å². The Bertz CT molecular complexity index is 1070. The van der Waals surface area contributed by atoms with E-state index < -0.39 is 5.97 Å². The highest BCUT2D eigenvalue weighted by Crippen LogP contribution is 2.28. The van der Waals surface area contributed by atoms with Gasteiger partial charge in [-0.1, -0.05) is 34.8 Å². The number of carbonyl (C=O) groups is 1. The van der Waals surface area contributed by atoms with Crippen LogP contribution in [0.1, 0.15) is 27.3 Å². The van der Waals surface area contributed by atoms with Crippen molar-refractivity contribution < 1.29 is 9.90 Å². The van der Waals surface area contributed by atoms with Gasteiger partial charge in [-0.25, -0.2) is 4.79 Å². The Morgan fingerprint density at radius 3 is 2.37 bits per heavy atom. The molecule has 0 aliphatic heterocycles. The van der Waals surface area contributed by atoms with Crippen LogP contribution in [0, 0.1) is 13.8 Å². The number of aromatic carboxylic acids is 1. The van der Waals surface area contributed by atoms with Crippen LogP contribution in [-0.2, 0) is 0 Å². The van der Waals surface area contributed by atoms with Crippen molar-refractivity contribution in [2.24, 2.45) is 4.99 Å². The van der Waals surface area contributed by atoms with Gasteiger partial charge in [-0.15, -0.1) is 0 Å². The summed E-state index contributed by atoms with van der Waals surface area (Å²) in [5, 5.41) is 10.3. The minimum absolute atomic E-state index is 0.0209. The van der Waals surface area contributed by atoms with E-state index in [4.69, 9.17) is 39.9 Å². The summed E-state index contributed by atoms with van der Waals surface area (Å²) in [4.78, 5) is 15.6. The van der Waals surface area contributed by atoms with Gasteiger partial charge in [0.25, 0.3) is 0 Å². The fourth-order valence-corrected chi connectivity index (χ4v) is 3.33. The van der Waals surface area contributed by atoms with Gasteiger partial charge in [-0.05, 0) is 56.3 Å². The Hall–Kier alpha value is -2.27. The molecule has 0 radical (unpaired) electrons. The van der Waals surface area contributed by atoms with Gasteiger partial charge in [-0.3, -0.25) is 4.99 Å². The molecule has 0 unspecified atom stereocenters. The maximum Gasteiger partial charge on any atom is 0.337 e. The predicted molar refractivity (Wildman–Crippen MR) is 111 cm³/mol. The van der Waals surface area contributed by atoms with Crippen molar-refractivity contribution in [2.75, 3.05) is 0 Å². The summed E-state index contributed by atoms with van der Waals surface area (Å²) in [6.07, 6.45) is 1.70. The van der Waals surface area contributed by atoms with Gasteiger partial charge in [0.15, 0.2) is 0 Å². The summed E-state index contributed by atoms with van der Waals surface area (Å²) in [6.45, 7) is 3.96. The molecular formula is C20H15Cl3N2O2. The van der Waals surface area contributed by atoms with E-state index in [-0.39, 0.29) is 10.6 Å². The normalized spacial score (nSPS) is 11.3. The maximum absolute atomic E-state index is 11.2. The van der Waals surface area contributed by atoms with Crippen LogP contribution >= 0.6 is 34.8 Å². The highest BCUT2D eigenvalue weighted by atomic mass is 35.5. The number of nitrogens with zero attached hydrogens (tertiary/aromatic N) is 2. The average Bonchev–Trinajstić information content (AvgIpc) is 2.90. The van der Waals surface area contributed by atoms with Crippen LogP contribution in [0.3, 0.4) is 0 Å². The number of carboxylic acids is 1. The van der Waals surface area contributed by atoms with E-state index >= 15 is 0 Å². The van der Waals surface area contributed by atoms with Crippen molar-refractivity contribution in [1.29, 1.82) is 0 Å². The molecule has 0 atom stereocenters. The van der Waals surface area contributed by atoms with Crippen molar-refractivity contribution in [2.45, 2.75) is 13.8 Å². The van der Waals surface area contributed by atoms with Crippen molar-refractivity contribution in [3.05, 3.63) is 80.0 Å². The molecule has 0 saturated carbocycles. The van der Waals surface area contributed by atoms with E-state index in [0.717, 1.165) is 22.6 Å². The molecule has 1 N–H and O–H groups in total. The third-order valence-corrected chi connectivity index (χ3v) is 5.23. The SMILES string of the molecule is Cc1cc(C=Nc2ccc(Cl)c(C(=O)O)c2)c(C)n1-c1ccc(Cl)c(Cl)c1. The van der Waals surface area contributed by atoms with Crippen LogP contribution in [-0.4, -0.2) is 21.9 Å². The lowest BCUT2D eigenvalue weighted by atomic mass is 10.2. The Labute approximate surface area is 171 Å². The number of carboxylic acid groups (broad SMARTS) is 1. The Kier molecular flexibility index (Phi) is 5.61. The highest BCUT2D eigenvalue weighted by molar-refractivity contribution is 6.42. The number of halogens is 3. The summed E-state index contributed by atoms with van der Waals surface area (Å²) < 4.78 is 2.05. The molecule has 27 heavy (non-hydrogen) atoms. The van der Waals surface area contributed by atoms with Gasteiger partial charge >= 0.3 is 5.97 Å². The second-order valence-electron chi connectivity index (χ2n) is 5.99. The first kappa shape index (κ1) is 19.5. The van der Waals surface area contributed by atoms with Crippen LogP contribution < -0.4 is 0 Å². The zero-order valence-corrected chi connectivity index (χ0v) is 16.8.